The molecule has 150 valence electrons. The summed E-state index contributed by atoms with van der Waals surface area (Å²) in [6.45, 7) is 4.20. The molecule has 1 atom stereocenters. The molecule has 8 nitrogen and oxygen atoms in total. The highest BCUT2D eigenvalue weighted by atomic mass is 32.2. The Balaban J connectivity index is 1.85. The van der Waals surface area contributed by atoms with Gasteiger partial charge in [-0.3, -0.25) is 14.5 Å². The van der Waals surface area contributed by atoms with E-state index >= 15 is 0 Å². The van der Waals surface area contributed by atoms with Crippen LogP contribution >= 0.6 is 0 Å². The van der Waals surface area contributed by atoms with E-state index < -0.39 is 15.4 Å². The minimum absolute atomic E-state index is 0.0299. The topological polar surface area (TPSA) is 105 Å². The van der Waals surface area contributed by atoms with Crippen molar-refractivity contribution in [3.63, 3.8) is 0 Å². The number of hydrogen-bond donors (Lipinski definition) is 2. The maximum atomic E-state index is 12.3. The molecule has 2 amide bonds. The highest BCUT2D eigenvalue weighted by Crippen LogP contribution is 2.22. The Hall–Kier alpha value is -2.13. The molecule has 1 aliphatic rings. The van der Waals surface area contributed by atoms with Gasteiger partial charge in [-0.15, -0.1) is 0 Å². The molecule has 0 saturated carbocycles. The molecule has 0 unspecified atom stereocenters. The number of methoxy groups -OCH3 is 1. The first kappa shape index (κ1) is 21.2. The van der Waals surface area contributed by atoms with E-state index in [4.69, 9.17) is 4.74 Å². The van der Waals surface area contributed by atoms with Gasteiger partial charge in [0.25, 0.3) is 0 Å². The van der Waals surface area contributed by atoms with Gasteiger partial charge in [-0.25, -0.2) is 8.42 Å². The standard InChI is InChI=1S/C18H27N3O5S/c1-4-21(11-16(22)19-14-5-7-15(26-3)8-6-14)12-17(23)20-18(2)9-10-27(24,25)13-18/h5-8H,4,9-13H2,1-3H3,(H,19,22)(H,20,23)/t18-/m1/s1. The summed E-state index contributed by atoms with van der Waals surface area (Å²) < 4.78 is 28.4. The second-order valence-electron chi connectivity index (χ2n) is 7.03. The molecule has 27 heavy (non-hydrogen) atoms. The van der Waals surface area contributed by atoms with E-state index in [-0.39, 0.29) is 36.4 Å². The molecule has 2 N–H and O–H groups in total. The van der Waals surface area contributed by atoms with Crippen LogP contribution in [-0.4, -0.2) is 68.9 Å². The molecule has 0 aromatic heterocycles. The Morgan fingerprint density at radius 2 is 1.81 bits per heavy atom. The van der Waals surface area contributed by atoms with E-state index in [1.807, 2.05) is 6.92 Å². The van der Waals surface area contributed by atoms with Crippen molar-refractivity contribution >= 4 is 27.3 Å². The van der Waals surface area contributed by atoms with Crippen molar-refractivity contribution in [2.45, 2.75) is 25.8 Å². The van der Waals surface area contributed by atoms with Gasteiger partial charge in [-0.05, 0) is 44.2 Å². The maximum Gasteiger partial charge on any atom is 0.238 e. The smallest absolute Gasteiger partial charge is 0.238 e. The van der Waals surface area contributed by atoms with Gasteiger partial charge in [-0.2, -0.15) is 0 Å². The van der Waals surface area contributed by atoms with Crippen LogP contribution in [0.4, 0.5) is 5.69 Å². The lowest BCUT2D eigenvalue weighted by atomic mass is 10.0. The number of sulfone groups is 1. The third-order valence-corrected chi connectivity index (χ3v) is 6.40. The van der Waals surface area contributed by atoms with Crippen LogP contribution in [0.5, 0.6) is 5.75 Å². The predicted octanol–water partition coefficient (Wildman–Crippen LogP) is 0.649. The van der Waals surface area contributed by atoms with Crippen LogP contribution in [0.2, 0.25) is 0 Å². The van der Waals surface area contributed by atoms with Crippen LogP contribution in [0.3, 0.4) is 0 Å². The molecule has 0 bridgehead atoms. The van der Waals surface area contributed by atoms with Gasteiger partial charge < -0.3 is 15.4 Å². The normalized spacial score (nSPS) is 21.0. The van der Waals surface area contributed by atoms with Crippen molar-refractivity contribution < 1.29 is 22.7 Å². The Kier molecular flexibility index (Phi) is 6.83. The lowest BCUT2D eigenvalue weighted by Crippen LogP contribution is -2.51. The zero-order chi connectivity index (χ0) is 20.1. The molecule has 0 aliphatic carbocycles. The third kappa shape index (κ3) is 6.51. The molecule has 1 saturated heterocycles. The number of nitrogens with one attached hydrogen (secondary N) is 2. The van der Waals surface area contributed by atoms with E-state index in [2.05, 4.69) is 10.6 Å². The second kappa shape index (κ2) is 8.71. The number of nitrogens with zero attached hydrogens (tertiary/aromatic N) is 1. The summed E-state index contributed by atoms with van der Waals surface area (Å²) in [6.07, 6.45) is 0.408. The summed E-state index contributed by atoms with van der Waals surface area (Å²) in [7, 11) is -1.52. The van der Waals surface area contributed by atoms with E-state index in [0.717, 1.165) is 0 Å². The summed E-state index contributed by atoms with van der Waals surface area (Å²) in [5, 5.41) is 5.58. The van der Waals surface area contributed by atoms with Crippen molar-refractivity contribution in [3.8, 4) is 5.75 Å². The molecule has 2 rings (SSSR count). The fourth-order valence-corrected chi connectivity index (χ4v) is 5.14. The minimum Gasteiger partial charge on any atom is -0.497 e. The van der Waals surface area contributed by atoms with Crippen LogP contribution in [0.15, 0.2) is 24.3 Å². The number of carbonyl (C=O) groups is 2. The molecular weight excluding hydrogens is 370 g/mol. The zero-order valence-corrected chi connectivity index (χ0v) is 16.8. The molecule has 0 spiro atoms. The van der Waals surface area contributed by atoms with Crippen molar-refractivity contribution in [2.75, 3.05) is 43.6 Å². The first-order valence-corrected chi connectivity index (χ1v) is 10.6. The van der Waals surface area contributed by atoms with E-state index in [1.165, 1.54) is 0 Å². The van der Waals surface area contributed by atoms with E-state index in [1.54, 1.807) is 43.2 Å². The van der Waals surface area contributed by atoms with Crippen LogP contribution in [0.25, 0.3) is 0 Å². The summed E-state index contributed by atoms with van der Waals surface area (Å²) in [5.74, 6) is 0.224. The first-order chi connectivity index (χ1) is 12.6. The molecule has 9 heteroatoms. The molecule has 1 heterocycles. The summed E-state index contributed by atoms with van der Waals surface area (Å²) >= 11 is 0. The fourth-order valence-electron chi connectivity index (χ4n) is 3.05. The lowest BCUT2D eigenvalue weighted by molar-refractivity contribution is -0.124. The molecule has 1 aliphatic heterocycles. The Bertz CT molecular complexity index is 779. The molecule has 1 aromatic carbocycles. The highest BCUT2D eigenvalue weighted by Gasteiger charge is 2.39. The van der Waals surface area contributed by atoms with Gasteiger partial charge in [0.15, 0.2) is 9.84 Å². The summed E-state index contributed by atoms with van der Waals surface area (Å²) in [4.78, 5) is 26.2. The van der Waals surface area contributed by atoms with Gasteiger partial charge in [0, 0.05) is 5.69 Å². The third-order valence-electron chi connectivity index (χ3n) is 4.50. The van der Waals surface area contributed by atoms with Crippen molar-refractivity contribution in [3.05, 3.63) is 24.3 Å². The van der Waals surface area contributed by atoms with Crippen molar-refractivity contribution in [1.82, 2.24) is 10.2 Å². The van der Waals surface area contributed by atoms with Gasteiger partial charge >= 0.3 is 0 Å². The van der Waals surface area contributed by atoms with Crippen molar-refractivity contribution in [1.29, 1.82) is 0 Å². The summed E-state index contributed by atoms with van der Waals surface area (Å²) in [6, 6.07) is 6.97. The number of carbonyl (C=O) groups excluding carboxylic acids is 2. The number of likely N-dealkylation sites (N-methyl/N-ethyl adjacent to an activating group) is 1. The quantitative estimate of drug-likeness (QED) is 0.667. The van der Waals surface area contributed by atoms with Crippen LogP contribution in [0.1, 0.15) is 20.3 Å². The van der Waals surface area contributed by atoms with E-state index in [0.29, 0.717) is 24.4 Å². The lowest BCUT2D eigenvalue weighted by Gasteiger charge is -2.26. The minimum atomic E-state index is -3.09. The first-order valence-electron chi connectivity index (χ1n) is 8.82. The Morgan fingerprint density at radius 1 is 1.19 bits per heavy atom. The number of amides is 2. The predicted molar refractivity (Wildman–Crippen MR) is 104 cm³/mol. The number of benzene rings is 1. The average Bonchev–Trinajstić information content (AvgIpc) is 2.87. The van der Waals surface area contributed by atoms with Gasteiger partial charge in [0.2, 0.25) is 11.8 Å². The second-order valence-corrected chi connectivity index (χ2v) is 9.21. The van der Waals surface area contributed by atoms with Crippen LogP contribution in [0, 0.1) is 0 Å². The van der Waals surface area contributed by atoms with Gasteiger partial charge in [-0.1, -0.05) is 6.92 Å². The number of ether oxygens (including phenoxy) is 1. The van der Waals surface area contributed by atoms with Crippen molar-refractivity contribution in [2.24, 2.45) is 0 Å². The largest absolute Gasteiger partial charge is 0.497 e. The Morgan fingerprint density at radius 3 is 2.33 bits per heavy atom. The molecule has 0 radical (unpaired) electrons. The van der Waals surface area contributed by atoms with Crippen LogP contribution < -0.4 is 15.4 Å². The highest BCUT2D eigenvalue weighted by molar-refractivity contribution is 7.91. The molecule has 1 aromatic rings. The zero-order valence-electron chi connectivity index (χ0n) is 15.9. The number of anilines is 1. The Labute approximate surface area is 160 Å². The number of hydrogen-bond acceptors (Lipinski definition) is 6. The average molecular weight is 397 g/mol. The maximum absolute atomic E-state index is 12.3. The fraction of sp³-hybridized carbons (Fsp3) is 0.556. The van der Waals surface area contributed by atoms with E-state index in [9.17, 15) is 18.0 Å². The van der Waals surface area contributed by atoms with Gasteiger partial charge in [0.05, 0.1) is 37.2 Å². The van der Waals surface area contributed by atoms with Crippen LogP contribution in [-0.2, 0) is 19.4 Å². The monoisotopic (exact) mass is 397 g/mol. The summed E-state index contributed by atoms with van der Waals surface area (Å²) in [5.41, 5.74) is -0.0919. The SMILES string of the molecule is CCN(CC(=O)Nc1ccc(OC)cc1)CC(=O)N[C@]1(C)CCS(=O)(=O)C1. The molecule has 1 fully saturated rings. The molecular formula is C18H27N3O5S. The number of rotatable bonds is 8. The van der Waals surface area contributed by atoms with Gasteiger partial charge in [0.1, 0.15) is 5.75 Å².